The van der Waals surface area contributed by atoms with E-state index in [1.807, 2.05) is 6.07 Å². The second kappa shape index (κ2) is 5.44. The van der Waals surface area contributed by atoms with E-state index in [9.17, 15) is 0 Å². The Labute approximate surface area is 119 Å². The standard InChI is InChI=1S/C15H20N4O/c1-10-14-11(2)20-15(10)13(17-18-16)9-19(14)8-12-6-4-3-5-7-12/h3-7,10-11,13-15H,8-9H2,1-2H3. The van der Waals surface area contributed by atoms with Gasteiger partial charge < -0.3 is 4.74 Å². The van der Waals surface area contributed by atoms with Gasteiger partial charge in [-0.2, -0.15) is 0 Å². The summed E-state index contributed by atoms with van der Waals surface area (Å²) in [5.41, 5.74) is 10.0. The van der Waals surface area contributed by atoms with Crippen LogP contribution < -0.4 is 0 Å². The first-order valence-electron chi connectivity index (χ1n) is 7.18. The van der Waals surface area contributed by atoms with Crippen molar-refractivity contribution in [1.82, 2.24) is 4.90 Å². The maximum atomic E-state index is 8.76. The molecule has 20 heavy (non-hydrogen) atoms. The van der Waals surface area contributed by atoms with Crippen LogP contribution in [0.15, 0.2) is 35.4 Å². The van der Waals surface area contributed by atoms with E-state index in [1.54, 1.807) is 0 Å². The van der Waals surface area contributed by atoms with Gasteiger partial charge in [0.05, 0.1) is 18.2 Å². The normalized spacial score (nSPS) is 36.6. The lowest BCUT2D eigenvalue weighted by Crippen LogP contribution is -2.52. The molecule has 5 heteroatoms. The van der Waals surface area contributed by atoms with E-state index in [4.69, 9.17) is 10.3 Å². The number of likely N-dealkylation sites (tertiary alicyclic amines) is 1. The molecule has 5 unspecified atom stereocenters. The van der Waals surface area contributed by atoms with Crippen molar-refractivity contribution in [3.63, 3.8) is 0 Å². The number of nitrogens with zero attached hydrogens (tertiary/aromatic N) is 4. The van der Waals surface area contributed by atoms with Crippen molar-refractivity contribution in [2.24, 2.45) is 11.0 Å². The smallest absolute Gasteiger partial charge is 0.0766 e. The summed E-state index contributed by atoms with van der Waals surface area (Å²) in [7, 11) is 0. The molecular formula is C15H20N4O. The van der Waals surface area contributed by atoms with Gasteiger partial charge in [0.2, 0.25) is 0 Å². The van der Waals surface area contributed by atoms with Crippen LogP contribution in [0.4, 0.5) is 0 Å². The Kier molecular flexibility index (Phi) is 3.66. The number of fused-ring (bicyclic) bond motifs is 2. The summed E-state index contributed by atoms with van der Waals surface area (Å²) in [6.07, 6.45) is 0.260. The average Bonchev–Trinajstić information content (AvgIpc) is 2.65. The largest absolute Gasteiger partial charge is 0.373 e. The molecule has 106 valence electrons. The minimum absolute atomic E-state index is 0.0675. The minimum Gasteiger partial charge on any atom is -0.373 e. The lowest BCUT2D eigenvalue weighted by molar-refractivity contribution is 0.0338. The second-order valence-corrected chi connectivity index (χ2v) is 5.84. The first-order valence-corrected chi connectivity index (χ1v) is 7.18. The van der Waals surface area contributed by atoms with Gasteiger partial charge in [0, 0.05) is 30.0 Å². The summed E-state index contributed by atoms with van der Waals surface area (Å²) in [5.74, 6) is 0.401. The van der Waals surface area contributed by atoms with Crippen LogP contribution in [-0.2, 0) is 11.3 Å². The van der Waals surface area contributed by atoms with Crippen LogP contribution in [0.3, 0.4) is 0 Å². The maximum absolute atomic E-state index is 8.76. The molecule has 0 N–H and O–H groups in total. The monoisotopic (exact) mass is 272 g/mol. The summed E-state index contributed by atoms with van der Waals surface area (Å²) >= 11 is 0. The van der Waals surface area contributed by atoms with Crippen LogP contribution in [0, 0.1) is 5.92 Å². The highest BCUT2D eigenvalue weighted by Crippen LogP contribution is 2.38. The molecule has 0 saturated carbocycles. The highest BCUT2D eigenvalue weighted by atomic mass is 16.5. The summed E-state index contributed by atoms with van der Waals surface area (Å²) in [5, 5.41) is 3.95. The molecule has 5 nitrogen and oxygen atoms in total. The fraction of sp³-hybridized carbons (Fsp3) is 0.600. The third-order valence-electron chi connectivity index (χ3n) is 4.56. The topological polar surface area (TPSA) is 61.2 Å². The van der Waals surface area contributed by atoms with Gasteiger partial charge in [-0.3, -0.25) is 4.90 Å². The van der Waals surface area contributed by atoms with E-state index in [2.05, 4.69) is 53.0 Å². The molecule has 2 heterocycles. The highest BCUT2D eigenvalue weighted by molar-refractivity contribution is 5.16. The van der Waals surface area contributed by atoms with Crippen molar-refractivity contribution in [3.05, 3.63) is 46.3 Å². The Hall–Kier alpha value is -1.55. The lowest BCUT2D eigenvalue weighted by Gasteiger charge is -2.40. The van der Waals surface area contributed by atoms with Crippen molar-refractivity contribution < 1.29 is 4.74 Å². The second-order valence-electron chi connectivity index (χ2n) is 5.84. The third-order valence-corrected chi connectivity index (χ3v) is 4.56. The van der Waals surface area contributed by atoms with Gasteiger partial charge in [-0.1, -0.05) is 42.4 Å². The fourth-order valence-electron chi connectivity index (χ4n) is 3.77. The van der Waals surface area contributed by atoms with Crippen molar-refractivity contribution in [2.45, 2.75) is 44.7 Å². The summed E-state index contributed by atoms with van der Waals surface area (Å²) in [6, 6.07) is 10.8. The summed E-state index contributed by atoms with van der Waals surface area (Å²) < 4.78 is 6.02. The molecule has 5 atom stereocenters. The van der Waals surface area contributed by atoms with E-state index in [-0.39, 0.29) is 18.2 Å². The molecule has 0 aromatic heterocycles. The van der Waals surface area contributed by atoms with Crippen LogP contribution in [0.2, 0.25) is 0 Å². The molecule has 2 bridgehead atoms. The van der Waals surface area contributed by atoms with E-state index in [0.29, 0.717) is 12.0 Å². The predicted molar refractivity (Wildman–Crippen MR) is 77.1 cm³/mol. The Balaban J connectivity index is 1.84. The van der Waals surface area contributed by atoms with Gasteiger partial charge >= 0.3 is 0 Å². The zero-order valence-electron chi connectivity index (χ0n) is 11.9. The number of piperidine rings is 1. The molecule has 1 aromatic rings. The molecule has 0 amide bonds. The van der Waals surface area contributed by atoms with Crippen LogP contribution in [0.5, 0.6) is 0 Å². The van der Waals surface area contributed by atoms with E-state index in [0.717, 1.165) is 13.1 Å². The Morgan fingerprint density at radius 3 is 2.80 bits per heavy atom. The zero-order chi connectivity index (χ0) is 14.1. The van der Waals surface area contributed by atoms with E-state index in [1.165, 1.54) is 5.56 Å². The van der Waals surface area contributed by atoms with Gasteiger partial charge in [-0.05, 0) is 18.0 Å². The molecule has 2 fully saturated rings. The molecule has 2 aliphatic heterocycles. The summed E-state index contributed by atoms with van der Waals surface area (Å²) in [4.78, 5) is 5.41. The third kappa shape index (κ3) is 2.29. The number of hydrogen-bond donors (Lipinski definition) is 0. The van der Waals surface area contributed by atoms with Crippen molar-refractivity contribution in [3.8, 4) is 0 Å². The quantitative estimate of drug-likeness (QED) is 0.482. The van der Waals surface area contributed by atoms with Crippen molar-refractivity contribution in [2.75, 3.05) is 6.54 Å². The SMILES string of the molecule is CC1OC2C(N=[N+]=[N-])CN(Cc3ccccc3)C1C2C. The minimum atomic E-state index is -0.0834. The molecule has 3 rings (SSSR count). The van der Waals surface area contributed by atoms with Crippen LogP contribution >= 0.6 is 0 Å². The molecule has 1 aromatic carbocycles. The van der Waals surface area contributed by atoms with Crippen LogP contribution in [0.1, 0.15) is 19.4 Å². The van der Waals surface area contributed by atoms with Gasteiger partial charge in [-0.15, -0.1) is 0 Å². The Morgan fingerprint density at radius 1 is 1.35 bits per heavy atom. The first kappa shape index (κ1) is 13.4. The van der Waals surface area contributed by atoms with Crippen molar-refractivity contribution >= 4 is 0 Å². The van der Waals surface area contributed by atoms with Gasteiger partial charge in [0.15, 0.2) is 0 Å². The number of benzene rings is 1. The maximum Gasteiger partial charge on any atom is 0.0766 e. The molecule has 2 aliphatic rings. The van der Waals surface area contributed by atoms with Crippen LogP contribution in [0.25, 0.3) is 10.4 Å². The molecule has 0 spiro atoms. The molecule has 0 aliphatic carbocycles. The summed E-state index contributed by atoms with van der Waals surface area (Å²) in [6.45, 7) is 5.99. The number of ether oxygens (including phenoxy) is 1. The number of azide groups is 1. The Bertz CT molecular complexity index is 514. The van der Waals surface area contributed by atoms with E-state index >= 15 is 0 Å². The molecule has 2 saturated heterocycles. The zero-order valence-corrected chi connectivity index (χ0v) is 11.9. The van der Waals surface area contributed by atoms with E-state index < -0.39 is 0 Å². The Morgan fingerprint density at radius 2 is 2.10 bits per heavy atom. The lowest BCUT2D eigenvalue weighted by atomic mass is 9.86. The van der Waals surface area contributed by atoms with Gasteiger partial charge in [-0.25, -0.2) is 0 Å². The van der Waals surface area contributed by atoms with Crippen molar-refractivity contribution in [1.29, 1.82) is 0 Å². The number of hydrogen-bond acceptors (Lipinski definition) is 3. The predicted octanol–water partition coefficient (Wildman–Crippen LogP) is 2.97. The molecular weight excluding hydrogens is 252 g/mol. The van der Waals surface area contributed by atoms with Gasteiger partial charge in [0.1, 0.15) is 0 Å². The highest BCUT2D eigenvalue weighted by Gasteiger charge is 2.50. The van der Waals surface area contributed by atoms with Crippen LogP contribution in [-0.4, -0.2) is 35.7 Å². The first-order chi connectivity index (χ1) is 9.70. The fourth-order valence-corrected chi connectivity index (χ4v) is 3.77. The van der Waals surface area contributed by atoms with Gasteiger partial charge in [0.25, 0.3) is 0 Å². The average molecular weight is 272 g/mol. The number of rotatable bonds is 3. The molecule has 0 radical (unpaired) electrons.